The van der Waals surface area contributed by atoms with Crippen LogP contribution in [0.2, 0.25) is 0 Å². The monoisotopic (exact) mass is 314 g/mol. The second kappa shape index (κ2) is 5.98. The van der Waals surface area contributed by atoms with Gasteiger partial charge in [-0.05, 0) is 56.0 Å². The zero-order valence-corrected chi connectivity index (χ0v) is 13.6. The molecule has 0 bridgehead atoms. The minimum absolute atomic E-state index is 0.0462. The van der Waals surface area contributed by atoms with Crippen LogP contribution in [0.15, 0.2) is 53.6 Å². The van der Waals surface area contributed by atoms with Gasteiger partial charge in [0.2, 0.25) is 0 Å². The second-order valence-electron chi connectivity index (χ2n) is 6.49. The van der Waals surface area contributed by atoms with E-state index in [-0.39, 0.29) is 5.56 Å². The first-order chi connectivity index (χ1) is 11.7. The number of rotatable bonds is 2. The van der Waals surface area contributed by atoms with E-state index >= 15 is 0 Å². The number of aryl methyl sites for hydroxylation is 1. The number of aromatic nitrogens is 2. The van der Waals surface area contributed by atoms with E-state index in [9.17, 15) is 4.79 Å². The Morgan fingerprint density at radius 3 is 2.54 bits per heavy atom. The molecule has 1 aliphatic rings. The Morgan fingerprint density at radius 1 is 1.08 bits per heavy atom. The van der Waals surface area contributed by atoms with Gasteiger partial charge in [-0.25, -0.2) is 4.98 Å². The first-order valence-corrected chi connectivity index (χ1v) is 8.27. The van der Waals surface area contributed by atoms with Crippen molar-refractivity contribution in [2.24, 2.45) is 5.92 Å². The Hall–Kier alpha value is -2.86. The van der Waals surface area contributed by atoms with Crippen molar-refractivity contribution in [1.29, 1.82) is 0 Å². The summed E-state index contributed by atoms with van der Waals surface area (Å²) in [6.45, 7) is 2.85. The largest absolute Gasteiger partial charge is 0.298 e. The quantitative estimate of drug-likeness (QED) is 0.678. The third kappa shape index (κ3) is 3.09. The highest BCUT2D eigenvalue weighted by Gasteiger charge is 2.22. The third-order valence-corrected chi connectivity index (χ3v) is 4.38. The summed E-state index contributed by atoms with van der Waals surface area (Å²) < 4.78 is 1.73. The normalized spacial score (nSPS) is 13.5. The highest BCUT2D eigenvalue weighted by molar-refractivity contribution is 5.79. The highest BCUT2D eigenvalue weighted by Crippen LogP contribution is 2.30. The van der Waals surface area contributed by atoms with E-state index < -0.39 is 0 Å². The summed E-state index contributed by atoms with van der Waals surface area (Å²) in [5, 5.41) is 0.666. The Balaban J connectivity index is 1.66. The van der Waals surface area contributed by atoms with E-state index in [4.69, 9.17) is 0 Å². The summed E-state index contributed by atoms with van der Waals surface area (Å²) in [6.07, 6.45) is 4.11. The van der Waals surface area contributed by atoms with E-state index in [1.807, 2.05) is 42.5 Å². The zero-order valence-electron chi connectivity index (χ0n) is 13.6. The van der Waals surface area contributed by atoms with Crippen LogP contribution in [0.25, 0.3) is 10.9 Å². The molecule has 118 valence electrons. The van der Waals surface area contributed by atoms with Crippen molar-refractivity contribution in [3.8, 4) is 11.8 Å². The summed E-state index contributed by atoms with van der Waals surface area (Å²) in [6, 6.07) is 13.7. The van der Waals surface area contributed by atoms with Crippen LogP contribution >= 0.6 is 0 Å². The first-order valence-electron chi connectivity index (χ1n) is 8.27. The van der Waals surface area contributed by atoms with Gasteiger partial charge in [-0.3, -0.25) is 9.36 Å². The van der Waals surface area contributed by atoms with Crippen LogP contribution in [-0.2, 0) is 6.54 Å². The number of hydrogen-bond donors (Lipinski definition) is 0. The van der Waals surface area contributed by atoms with Crippen LogP contribution in [0.1, 0.15) is 29.5 Å². The molecule has 1 aliphatic carbocycles. The van der Waals surface area contributed by atoms with Gasteiger partial charge in [-0.15, -0.1) is 0 Å². The number of fused-ring (bicyclic) bond motifs is 1. The number of nitrogens with zero attached hydrogens (tertiary/aromatic N) is 2. The van der Waals surface area contributed by atoms with Crippen LogP contribution in [0, 0.1) is 24.7 Å². The van der Waals surface area contributed by atoms with Gasteiger partial charge in [-0.2, -0.15) is 0 Å². The van der Waals surface area contributed by atoms with Crippen molar-refractivity contribution in [2.75, 3.05) is 0 Å². The fourth-order valence-corrected chi connectivity index (χ4v) is 2.73. The molecule has 0 amide bonds. The molecule has 1 saturated carbocycles. The van der Waals surface area contributed by atoms with E-state index in [1.165, 1.54) is 18.4 Å². The van der Waals surface area contributed by atoms with Crippen LogP contribution in [0.4, 0.5) is 0 Å². The molecule has 0 atom stereocenters. The maximum atomic E-state index is 12.5. The summed E-state index contributed by atoms with van der Waals surface area (Å²) in [5.41, 5.74) is 3.83. The summed E-state index contributed by atoms with van der Waals surface area (Å²) in [5.74, 6) is 6.96. The minimum atomic E-state index is 0.0462. The van der Waals surface area contributed by atoms with Crippen LogP contribution in [0.3, 0.4) is 0 Å². The molecule has 0 unspecified atom stereocenters. The van der Waals surface area contributed by atoms with E-state index in [2.05, 4.69) is 23.7 Å². The van der Waals surface area contributed by atoms with E-state index in [0.717, 1.165) is 17.7 Å². The van der Waals surface area contributed by atoms with Gasteiger partial charge in [0.1, 0.15) is 0 Å². The van der Waals surface area contributed by atoms with Gasteiger partial charge < -0.3 is 0 Å². The molecule has 0 N–H and O–H groups in total. The molecular weight excluding hydrogens is 296 g/mol. The predicted molar refractivity (Wildman–Crippen MR) is 95.9 cm³/mol. The molecule has 0 saturated heterocycles. The lowest BCUT2D eigenvalue weighted by atomic mass is 10.1. The highest BCUT2D eigenvalue weighted by atomic mass is 16.1. The van der Waals surface area contributed by atoms with Gasteiger partial charge in [-0.1, -0.05) is 29.5 Å². The number of hydrogen-bond acceptors (Lipinski definition) is 2. The summed E-state index contributed by atoms with van der Waals surface area (Å²) in [7, 11) is 0. The lowest BCUT2D eigenvalue weighted by molar-refractivity contribution is 0.602. The van der Waals surface area contributed by atoms with Crippen molar-refractivity contribution in [2.45, 2.75) is 26.3 Å². The maximum Gasteiger partial charge on any atom is 0.261 e. The predicted octanol–water partition coefficient (Wildman–Crippen LogP) is 3.51. The molecule has 0 radical (unpaired) electrons. The Bertz CT molecular complexity index is 1020. The van der Waals surface area contributed by atoms with Crippen molar-refractivity contribution in [3.05, 3.63) is 75.8 Å². The smallest absolute Gasteiger partial charge is 0.261 e. The van der Waals surface area contributed by atoms with Crippen LogP contribution in [-0.4, -0.2) is 9.55 Å². The maximum absolute atomic E-state index is 12.5. The Morgan fingerprint density at radius 2 is 1.79 bits per heavy atom. The average molecular weight is 314 g/mol. The topological polar surface area (TPSA) is 34.9 Å². The van der Waals surface area contributed by atoms with Gasteiger partial charge >= 0.3 is 0 Å². The van der Waals surface area contributed by atoms with Crippen molar-refractivity contribution in [1.82, 2.24) is 9.55 Å². The molecule has 1 fully saturated rings. The van der Waals surface area contributed by atoms with Crippen LogP contribution in [0.5, 0.6) is 0 Å². The molecule has 0 aliphatic heterocycles. The third-order valence-electron chi connectivity index (χ3n) is 4.38. The first kappa shape index (κ1) is 14.7. The minimum Gasteiger partial charge on any atom is -0.298 e. The van der Waals surface area contributed by atoms with Gasteiger partial charge in [0.05, 0.1) is 17.2 Å². The molecule has 1 heterocycles. The lowest BCUT2D eigenvalue weighted by Gasteiger charge is -2.05. The summed E-state index contributed by atoms with van der Waals surface area (Å²) >= 11 is 0. The van der Waals surface area contributed by atoms with Gasteiger partial charge in [0.15, 0.2) is 0 Å². The van der Waals surface area contributed by atoms with Crippen LogP contribution < -0.4 is 5.56 Å². The average Bonchev–Trinajstić information content (AvgIpc) is 3.41. The summed E-state index contributed by atoms with van der Waals surface area (Å²) in [4.78, 5) is 16.9. The van der Waals surface area contributed by atoms with Gasteiger partial charge in [0.25, 0.3) is 5.56 Å². The molecule has 3 aromatic rings. The zero-order chi connectivity index (χ0) is 16.5. The van der Waals surface area contributed by atoms with E-state index in [0.29, 0.717) is 16.8 Å². The molecule has 3 heteroatoms. The Labute approximate surface area is 141 Å². The fraction of sp³-hybridized carbons (Fsp3) is 0.238. The van der Waals surface area contributed by atoms with Crippen molar-refractivity contribution < 1.29 is 0 Å². The fourth-order valence-electron chi connectivity index (χ4n) is 2.73. The SMILES string of the molecule is Cc1ccc(C#Cc2ccc3c(=O)n(CC4CC4)cnc3c2)cc1. The molecule has 1 aromatic heterocycles. The number of benzene rings is 2. The van der Waals surface area contributed by atoms with Crippen molar-refractivity contribution in [3.63, 3.8) is 0 Å². The van der Waals surface area contributed by atoms with Gasteiger partial charge in [0, 0.05) is 17.7 Å². The standard InChI is InChI=1S/C21H18N2O/c1-15-2-4-16(5-3-15)6-7-17-10-11-19-20(12-17)22-14-23(21(19)24)13-18-8-9-18/h2-5,10-12,14,18H,8-9,13H2,1H3. The molecule has 24 heavy (non-hydrogen) atoms. The Kier molecular flexibility index (Phi) is 3.66. The molecule has 0 spiro atoms. The van der Waals surface area contributed by atoms with E-state index in [1.54, 1.807) is 10.9 Å². The molecule has 3 nitrogen and oxygen atoms in total. The molecule has 2 aromatic carbocycles. The lowest BCUT2D eigenvalue weighted by Crippen LogP contribution is -2.21. The second-order valence-corrected chi connectivity index (χ2v) is 6.49. The molecular formula is C21H18N2O. The van der Waals surface area contributed by atoms with Crippen molar-refractivity contribution >= 4 is 10.9 Å². The molecule has 4 rings (SSSR count).